The summed E-state index contributed by atoms with van der Waals surface area (Å²) in [6.07, 6.45) is 6.41. The highest BCUT2D eigenvalue weighted by Crippen LogP contribution is 2.52. The van der Waals surface area contributed by atoms with Crippen molar-refractivity contribution >= 4 is 11.3 Å². The zero-order valence-electron chi connectivity index (χ0n) is 18.4. The molecule has 1 atom stereocenters. The fraction of sp³-hybridized carbons (Fsp3) is 0.321. The van der Waals surface area contributed by atoms with Gasteiger partial charge in [0.2, 0.25) is 0 Å². The lowest BCUT2D eigenvalue weighted by Crippen LogP contribution is -2.21. The predicted octanol–water partition coefficient (Wildman–Crippen LogP) is 7.10. The normalized spacial score (nSPS) is 18.4. The summed E-state index contributed by atoms with van der Waals surface area (Å²) in [7, 11) is 0. The standard InChI is InChI=1S/C28H30N2/c1-18(2)24-17-22-16-21-12-8-9-13-23(21)26(22)25(19(3)4)27(24)30-15-14-29-28(30)20-10-6-5-7-11-20/h5-15,18-19,22H,16-17H2,1-4H3. The Morgan fingerprint density at radius 3 is 2.33 bits per heavy atom. The lowest BCUT2D eigenvalue weighted by molar-refractivity contribution is 0.593. The minimum atomic E-state index is 0.448. The molecule has 2 heteroatoms. The van der Waals surface area contributed by atoms with E-state index in [2.05, 4.69) is 93.1 Å². The first-order valence-electron chi connectivity index (χ1n) is 11.2. The molecule has 1 unspecified atom stereocenters. The maximum atomic E-state index is 4.79. The van der Waals surface area contributed by atoms with E-state index in [9.17, 15) is 0 Å². The Labute approximate surface area is 180 Å². The van der Waals surface area contributed by atoms with E-state index in [-0.39, 0.29) is 0 Å². The van der Waals surface area contributed by atoms with Gasteiger partial charge in [0.1, 0.15) is 5.82 Å². The van der Waals surface area contributed by atoms with Crippen molar-refractivity contribution in [1.82, 2.24) is 9.55 Å². The Hall–Kier alpha value is -2.87. The van der Waals surface area contributed by atoms with Gasteiger partial charge in [0.15, 0.2) is 0 Å². The number of allylic oxidation sites excluding steroid dienone is 4. The molecule has 1 aromatic heterocycles. The van der Waals surface area contributed by atoms with Gasteiger partial charge in [-0.1, -0.05) is 82.3 Å². The molecular weight excluding hydrogens is 364 g/mol. The van der Waals surface area contributed by atoms with Crippen molar-refractivity contribution < 1.29 is 0 Å². The second kappa shape index (κ2) is 7.43. The van der Waals surface area contributed by atoms with E-state index < -0.39 is 0 Å². The van der Waals surface area contributed by atoms with E-state index >= 15 is 0 Å². The monoisotopic (exact) mass is 394 g/mol. The van der Waals surface area contributed by atoms with Crippen LogP contribution in [-0.4, -0.2) is 9.55 Å². The van der Waals surface area contributed by atoms with Crippen LogP contribution in [-0.2, 0) is 6.42 Å². The maximum absolute atomic E-state index is 4.79. The summed E-state index contributed by atoms with van der Waals surface area (Å²) in [5, 5.41) is 0. The molecule has 0 spiro atoms. The van der Waals surface area contributed by atoms with Crippen LogP contribution in [0.15, 0.2) is 78.1 Å². The number of nitrogens with zero attached hydrogens (tertiary/aromatic N) is 2. The van der Waals surface area contributed by atoms with Gasteiger partial charge in [-0.05, 0) is 58.4 Å². The zero-order valence-corrected chi connectivity index (χ0v) is 18.4. The van der Waals surface area contributed by atoms with Crippen LogP contribution in [0.2, 0.25) is 0 Å². The summed E-state index contributed by atoms with van der Waals surface area (Å²) in [4.78, 5) is 4.79. The molecule has 0 radical (unpaired) electrons. The van der Waals surface area contributed by atoms with Gasteiger partial charge in [0, 0.05) is 18.0 Å². The summed E-state index contributed by atoms with van der Waals surface area (Å²) < 4.78 is 2.37. The number of fused-ring (bicyclic) bond motifs is 3. The lowest BCUT2D eigenvalue weighted by Gasteiger charge is -2.34. The van der Waals surface area contributed by atoms with E-state index in [4.69, 9.17) is 4.98 Å². The van der Waals surface area contributed by atoms with Crippen LogP contribution in [0.4, 0.5) is 0 Å². The molecule has 3 aromatic rings. The Bertz CT molecular complexity index is 1140. The van der Waals surface area contributed by atoms with Gasteiger partial charge in [-0.15, -0.1) is 0 Å². The van der Waals surface area contributed by atoms with Gasteiger partial charge < -0.3 is 0 Å². The molecule has 5 rings (SSSR count). The molecular formula is C28H30N2. The Kier molecular flexibility index (Phi) is 4.73. The topological polar surface area (TPSA) is 17.8 Å². The smallest absolute Gasteiger partial charge is 0.144 e. The van der Waals surface area contributed by atoms with Crippen molar-refractivity contribution in [3.05, 3.63) is 89.3 Å². The Morgan fingerprint density at radius 1 is 0.867 bits per heavy atom. The molecule has 152 valence electrons. The first kappa shape index (κ1) is 19.1. The fourth-order valence-corrected chi connectivity index (χ4v) is 5.41. The van der Waals surface area contributed by atoms with Crippen molar-refractivity contribution in [2.75, 3.05) is 0 Å². The van der Waals surface area contributed by atoms with Crippen molar-refractivity contribution in [2.24, 2.45) is 17.8 Å². The Morgan fingerprint density at radius 2 is 1.60 bits per heavy atom. The number of hydrogen-bond acceptors (Lipinski definition) is 1. The van der Waals surface area contributed by atoms with Gasteiger partial charge in [-0.25, -0.2) is 4.98 Å². The average Bonchev–Trinajstić information content (AvgIpc) is 3.37. The fourth-order valence-electron chi connectivity index (χ4n) is 5.41. The number of hydrogen-bond donors (Lipinski definition) is 0. The van der Waals surface area contributed by atoms with E-state index in [0.717, 1.165) is 12.2 Å². The van der Waals surface area contributed by atoms with Crippen LogP contribution >= 0.6 is 0 Å². The van der Waals surface area contributed by atoms with Crippen molar-refractivity contribution in [2.45, 2.75) is 40.5 Å². The van der Waals surface area contributed by atoms with Crippen LogP contribution in [0, 0.1) is 17.8 Å². The van der Waals surface area contributed by atoms with Crippen LogP contribution in [0.3, 0.4) is 0 Å². The molecule has 2 aliphatic rings. The highest BCUT2D eigenvalue weighted by molar-refractivity contribution is 5.91. The molecule has 2 aromatic carbocycles. The number of rotatable bonds is 4. The van der Waals surface area contributed by atoms with Gasteiger partial charge in [-0.2, -0.15) is 0 Å². The summed E-state index contributed by atoms with van der Waals surface area (Å²) in [6, 6.07) is 19.6. The van der Waals surface area contributed by atoms with Gasteiger partial charge >= 0.3 is 0 Å². The molecule has 0 saturated heterocycles. The van der Waals surface area contributed by atoms with E-state index in [1.165, 1.54) is 34.4 Å². The van der Waals surface area contributed by atoms with E-state index in [0.29, 0.717) is 17.8 Å². The van der Waals surface area contributed by atoms with Gasteiger partial charge in [0.25, 0.3) is 0 Å². The van der Waals surface area contributed by atoms with Gasteiger partial charge in [-0.3, -0.25) is 4.57 Å². The minimum Gasteiger partial charge on any atom is -0.300 e. The average molecular weight is 395 g/mol. The van der Waals surface area contributed by atoms with Crippen molar-refractivity contribution in [1.29, 1.82) is 0 Å². The summed E-state index contributed by atoms with van der Waals surface area (Å²) in [5.74, 6) is 2.59. The molecule has 2 aliphatic carbocycles. The first-order valence-corrected chi connectivity index (χ1v) is 11.2. The molecule has 30 heavy (non-hydrogen) atoms. The van der Waals surface area contributed by atoms with E-state index in [1.807, 2.05) is 6.20 Å². The molecule has 0 bridgehead atoms. The summed E-state index contributed by atoms with van der Waals surface area (Å²) >= 11 is 0. The van der Waals surface area contributed by atoms with Crippen molar-refractivity contribution in [3.8, 4) is 11.4 Å². The molecule has 0 amide bonds. The lowest BCUT2D eigenvalue weighted by atomic mass is 9.75. The molecule has 0 N–H and O–H groups in total. The summed E-state index contributed by atoms with van der Waals surface area (Å²) in [6.45, 7) is 9.39. The molecule has 1 heterocycles. The zero-order chi connectivity index (χ0) is 20.8. The van der Waals surface area contributed by atoms with Gasteiger partial charge in [0.05, 0.1) is 5.70 Å². The highest BCUT2D eigenvalue weighted by Gasteiger charge is 2.37. The van der Waals surface area contributed by atoms with Crippen LogP contribution in [0.1, 0.15) is 45.2 Å². The Balaban J connectivity index is 1.79. The first-order chi connectivity index (χ1) is 14.6. The SMILES string of the molecule is CC(C)C1=C(n2ccnc2-c2ccccc2)C(C(C)C)=C2c3ccccc3CC2C1. The van der Waals surface area contributed by atoms with Crippen LogP contribution in [0.5, 0.6) is 0 Å². The third-order valence-electron chi connectivity index (χ3n) is 6.69. The molecule has 0 aliphatic heterocycles. The number of benzene rings is 2. The number of imidazole rings is 1. The predicted molar refractivity (Wildman–Crippen MR) is 126 cm³/mol. The second-order valence-corrected chi connectivity index (χ2v) is 9.26. The second-order valence-electron chi connectivity index (χ2n) is 9.26. The molecule has 0 fully saturated rings. The maximum Gasteiger partial charge on any atom is 0.144 e. The van der Waals surface area contributed by atoms with Crippen molar-refractivity contribution in [3.63, 3.8) is 0 Å². The molecule has 2 nitrogen and oxygen atoms in total. The highest BCUT2D eigenvalue weighted by atomic mass is 15.1. The quantitative estimate of drug-likeness (QED) is 0.461. The third kappa shape index (κ3) is 2.98. The minimum absolute atomic E-state index is 0.448. The molecule has 0 saturated carbocycles. The summed E-state index contributed by atoms with van der Waals surface area (Å²) in [5.41, 5.74) is 10.2. The van der Waals surface area contributed by atoms with Crippen LogP contribution in [0.25, 0.3) is 22.7 Å². The largest absolute Gasteiger partial charge is 0.300 e. The van der Waals surface area contributed by atoms with Crippen LogP contribution < -0.4 is 0 Å². The third-order valence-corrected chi connectivity index (χ3v) is 6.69. The number of aromatic nitrogens is 2. The van der Waals surface area contributed by atoms with E-state index in [1.54, 1.807) is 11.1 Å².